The Bertz CT molecular complexity index is 4120. The Hall–Kier alpha value is -4.69. The van der Waals surface area contributed by atoms with Crippen molar-refractivity contribution in [2.24, 2.45) is 0 Å². The van der Waals surface area contributed by atoms with Crippen LogP contribution in [0.1, 0.15) is 129 Å². The van der Waals surface area contributed by atoms with Gasteiger partial charge in [-0.3, -0.25) is 0 Å². The molecular formula is C63H74F7NO5S12. The Morgan fingerprint density at radius 1 is 0.489 bits per heavy atom. The average molecular weight is 1440 g/mol. The van der Waals surface area contributed by atoms with Crippen LogP contribution in [0.4, 0.5) is 30.7 Å². The van der Waals surface area contributed by atoms with E-state index >= 15 is 0 Å². The second-order valence-electron chi connectivity index (χ2n) is 15.1. The number of rotatable bonds is 1. The van der Waals surface area contributed by atoms with Gasteiger partial charge in [0.15, 0.2) is 46.2 Å². The van der Waals surface area contributed by atoms with Crippen LogP contribution in [-0.4, -0.2) is 14.7 Å². The summed E-state index contributed by atoms with van der Waals surface area (Å²) in [5.74, 6) is 0.366. The van der Waals surface area contributed by atoms with Gasteiger partial charge >= 0.3 is 6.18 Å². The minimum atomic E-state index is -4.19. The predicted octanol–water partition coefficient (Wildman–Crippen LogP) is 28.6. The zero-order valence-corrected chi connectivity index (χ0v) is 62.1. The van der Waals surface area contributed by atoms with Crippen LogP contribution < -0.4 is 0 Å². The second-order valence-corrected chi connectivity index (χ2v) is 28.7. The number of alkyl halides is 3. The zero-order valence-electron chi connectivity index (χ0n) is 52.3. The highest BCUT2D eigenvalue weighted by atomic mass is 32.2. The van der Waals surface area contributed by atoms with Crippen LogP contribution in [0.15, 0.2) is 116 Å². The van der Waals surface area contributed by atoms with Crippen LogP contribution in [0, 0.1) is 61.6 Å². The fourth-order valence-corrected chi connectivity index (χ4v) is 17.9. The van der Waals surface area contributed by atoms with E-state index in [-0.39, 0.29) is 14.9 Å². The first-order chi connectivity index (χ1) is 42.2. The van der Waals surface area contributed by atoms with E-state index in [0.717, 1.165) is 82.5 Å². The summed E-state index contributed by atoms with van der Waals surface area (Å²) in [4.78, 5) is 2.80. The van der Waals surface area contributed by atoms with Gasteiger partial charge in [-0.25, -0.2) is 21.6 Å². The monoisotopic (exact) mass is 1440 g/mol. The molecule has 25 heteroatoms. The van der Waals surface area contributed by atoms with E-state index in [2.05, 4.69) is 36.7 Å². The Morgan fingerprint density at radius 2 is 0.955 bits per heavy atom. The van der Waals surface area contributed by atoms with E-state index in [1.807, 2.05) is 140 Å². The van der Waals surface area contributed by atoms with Crippen LogP contribution in [0.5, 0.6) is 0 Å². The van der Waals surface area contributed by atoms with E-state index in [9.17, 15) is 39.2 Å². The largest absolute Gasteiger partial charge is 0.454 e. The van der Waals surface area contributed by atoms with Gasteiger partial charge < -0.3 is 13.3 Å². The molecule has 0 amide bonds. The summed E-state index contributed by atoms with van der Waals surface area (Å²) in [5, 5.41) is 26.9. The Morgan fingerprint density at radius 3 is 1.44 bits per heavy atom. The maximum absolute atomic E-state index is 13.4. The molecule has 0 aliphatic carbocycles. The number of nitrogens with zero attached hydrogens (tertiary/aromatic N) is 1. The molecule has 0 saturated heterocycles. The number of thiophene rings is 11. The summed E-state index contributed by atoms with van der Waals surface area (Å²) in [7, 11) is -3.42. The molecular weight excluding hydrogens is 1370 g/mol. The molecule has 14 heterocycles. The van der Waals surface area contributed by atoms with Gasteiger partial charge in [0, 0.05) is 44.0 Å². The maximum Gasteiger partial charge on any atom is 0.425 e. The molecule has 0 saturated carbocycles. The van der Waals surface area contributed by atoms with Crippen molar-refractivity contribution >= 4 is 203 Å². The molecule has 0 atom stereocenters. The summed E-state index contributed by atoms with van der Waals surface area (Å²) < 4.78 is 129. The molecule has 0 unspecified atom stereocenters. The molecule has 14 rings (SSSR count). The molecule has 0 bridgehead atoms. The third kappa shape index (κ3) is 22.6. The van der Waals surface area contributed by atoms with Gasteiger partial charge in [0.1, 0.15) is 27.3 Å². The molecule has 0 aliphatic rings. The minimum absolute atomic E-state index is 0.158. The topological polar surface area (TPSA) is 97.4 Å². The van der Waals surface area contributed by atoms with Crippen molar-refractivity contribution in [3.8, 4) is 6.07 Å². The Balaban J connectivity index is 0.000000497. The summed E-state index contributed by atoms with van der Waals surface area (Å²) in [6.07, 6.45) is -1.46. The number of hydrogen-bond donors (Lipinski definition) is 0. The maximum atomic E-state index is 13.4. The van der Waals surface area contributed by atoms with Crippen LogP contribution >= 0.6 is 125 Å². The molecule has 88 heavy (non-hydrogen) atoms. The molecule has 6 nitrogen and oxygen atoms in total. The number of furan rings is 3. The minimum Gasteiger partial charge on any atom is -0.454 e. The molecule has 0 aromatic carbocycles. The smallest absolute Gasteiger partial charge is 0.425 e. The van der Waals surface area contributed by atoms with Gasteiger partial charge in [-0.15, -0.1) is 113 Å². The highest BCUT2D eigenvalue weighted by Crippen LogP contribution is 2.41. The molecule has 0 aliphatic heterocycles. The Kier molecular flexibility index (Phi) is 38.5. The van der Waals surface area contributed by atoms with Crippen molar-refractivity contribution in [3.63, 3.8) is 0 Å². The van der Waals surface area contributed by atoms with Crippen molar-refractivity contribution in [1.29, 1.82) is 5.26 Å². The first-order valence-corrected chi connectivity index (χ1v) is 39.1. The molecule has 0 N–H and O–H groups in total. The third-order valence-electron chi connectivity index (χ3n) is 10.1. The fourth-order valence-electron chi connectivity index (χ4n) is 6.37. The number of hydrogen-bond acceptors (Lipinski definition) is 17. The highest BCUT2D eigenvalue weighted by Gasteiger charge is 2.33. The molecule has 0 spiro atoms. The predicted molar refractivity (Wildman–Crippen MR) is 382 cm³/mol. The molecule has 0 fully saturated rings. The number of aryl methyl sites for hydroxylation is 4. The first kappa shape index (κ1) is 81.3. The van der Waals surface area contributed by atoms with Gasteiger partial charge in [0.25, 0.3) is 0 Å². The van der Waals surface area contributed by atoms with E-state index in [1.54, 1.807) is 80.7 Å². The van der Waals surface area contributed by atoms with Crippen LogP contribution in [-0.2, 0) is 16.0 Å². The van der Waals surface area contributed by atoms with Crippen molar-refractivity contribution in [2.75, 3.05) is 6.26 Å². The van der Waals surface area contributed by atoms with Gasteiger partial charge in [0.2, 0.25) is 5.13 Å². The van der Waals surface area contributed by atoms with Crippen molar-refractivity contribution in [1.82, 2.24) is 0 Å². The standard InChI is InChI=1S/2C8H8OS.C7H3F3S2.C7H2FNS2.C7H5FO2S3.C6H2F2S2.C6H4OS.7C2H6/c1-5-4-10-8-7(5)3-6(2)9-8;1-5-6(2)9-8-7(5)3-4-10-8;8-7(9,10)5-3-4-1-2-11-6(4)12-5;8-6-4-1-2-10-7(4)11-5(6)3-9;1-13(9,10)7-5(8)4-2-3-11-6(4)12-7;7-4-3-1-2-9-6(3)10-5(4)8;1-3-7-6-5(1)2-4-8-6;7*1-2/h2*3-4H,1-2H3;1-3H;1-2H;2-3H,1H3;1-2H;1-4H;7*1-2H3. The SMILES string of the molecule is CC.CC.CC.CC.CC.CC.CC.CS(=O)(=O)c1sc2sccc2c1F.Cc1cc2c(C)csc2o1.Cc1oc2sccc2c1C.FC(F)(F)c1cc2ccsc2s1.Fc1sc2sccc2c1F.N#Cc1sc2sccc2c1F.c1cc2ccsc2o1. The molecule has 0 radical (unpaired) electrons. The number of nitriles is 1. The van der Waals surface area contributed by atoms with Crippen LogP contribution in [0.25, 0.3) is 68.4 Å². The first-order valence-electron chi connectivity index (χ1n) is 27.8. The lowest BCUT2D eigenvalue weighted by molar-refractivity contribution is -0.134. The number of halogens is 7. The quantitative estimate of drug-likeness (QED) is 0.152. The van der Waals surface area contributed by atoms with E-state index in [0.29, 0.717) is 21.5 Å². The van der Waals surface area contributed by atoms with Gasteiger partial charge in [-0.2, -0.15) is 22.8 Å². The van der Waals surface area contributed by atoms with Gasteiger partial charge in [-0.1, -0.05) is 108 Å². The second kappa shape index (κ2) is 41.6. The summed E-state index contributed by atoms with van der Waals surface area (Å²) in [6.45, 7) is 36.2. The zero-order chi connectivity index (χ0) is 67.1. The lowest BCUT2D eigenvalue weighted by Crippen LogP contribution is -2.00. The molecule has 482 valence electrons. The lowest BCUT2D eigenvalue weighted by Gasteiger charge is -1.99. The number of fused-ring (bicyclic) bond motifs is 7. The average Bonchev–Trinajstić information content (AvgIpc) is 4.03. The summed E-state index contributed by atoms with van der Waals surface area (Å²) >= 11 is 14.3. The van der Waals surface area contributed by atoms with E-state index in [4.69, 9.17) is 18.5 Å². The summed E-state index contributed by atoms with van der Waals surface area (Å²) in [5.41, 5.74) is 2.59. The van der Waals surface area contributed by atoms with Gasteiger partial charge in [-0.05, 0) is 131 Å². The van der Waals surface area contributed by atoms with Crippen molar-refractivity contribution < 1.29 is 52.4 Å². The van der Waals surface area contributed by atoms with E-state index < -0.39 is 37.7 Å². The molecule has 14 aromatic rings. The summed E-state index contributed by atoms with van der Waals surface area (Å²) in [6, 6.07) is 17.8. The Labute approximate surface area is 556 Å². The normalized spacial score (nSPS) is 10.0. The van der Waals surface area contributed by atoms with Crippen LogP contribution in [0.3, 0.4) is 0 Å². The van der Waals surface area contributed by atoms with E-state index in [1.165, 1.54) is 90.0 Å². The van der Waals surface area contributed by atoms with Crippen molar-refractivity contribution in [3.05, 3.63) is 154 Å². The number of sulfone groups is 1. The highest BCUT2D eigenvalue weighted by molar-refractivity contribution is 7.93. The van der Waals surface area contributed by atoms with Gasteiger partial charge in [0.05, 0.1) is 22.3 Å². The third-order valence-corrected chi connectivity index (χ3v) is 23.1. The lowest BCUT2D eigenvalue weighted by atomic mass is 10.2. The van der Waals surface area contributed by atoms with Crippen LogP contribution in [0.2, 0.25) is 0 Å². The molecule has 14 aromatic heterocycles. The fraction of sp³-hybridized carbons (Fsp3) is 0.317. The van der Waals surface area contributed by atoms with Crippen molar-refractivity contribution in [2.45, 2.75) is 135 Å².